The van der Waals surface area contributed by atoms with Gasteiger partial charge in [-0.05, 0) is 79.6 Å². The highest BCUT2D eigenvalue weighted by molar-refractivity contribution is 14.1. The molecule has 0 aliphatic carbocycles. The molecule has 94 valence electrons. The molecule has 0 N–H and O–H groups in total. The number of hydrogen-bond acceptors (Lipinski definition) is 1. The molecule has 0 aliphatic rings. The van der Waals surface area contributed by atoms with Crippen LogP contribution < -0.4 is 4.74 Å². The second-order valence-corrected chi connectivity index (χ2v) is 6.29. The lowest BCUT2D eigenvalue weighted by Gasteiger charge is -2.09. The third-order valence-electron chi connectivity index (χ3n) is 2.84. The lowest BCUT2D eigenvalue weighted by Crippen LogP contribution is -1.86. The number of ether oxygens (including phenoxy) is 1. The predicted molar refractivity (Wildman–Crippen MR) is 90.9 cm³/mol. The molecule has 1 nitrogen and oxygen atoms in total. The minimum absolute atomic E-state index is 0.829. The van der Waals surface area contributed by atoms with Gasteiger partial charge in [0.2, 0.25) is 0 Å². The monoisotopic (exact) mass is 424 g/mol. The average molecular weight is 425 g/mol. The van der Waals surface area contributed by atoms with Gasteiger partial charge in [-0.2, -0.15) is 0 Å². The average Bonchev–Trinajstić information content (AvgIpc) is 2.42. The van der Waals surface area contributed by atoms with Crippen LogP contribution in [0.3, 0.4) is 0 Å². The molecule has 0 radical (unpaired) electrons. The predicted octanol–water partition coefficient (Wildman–Crippen LogP) is 6.00. The van der Waals surface area contributed by atoms with Gasteiger partial charge in [0.05, 0.1) is 4.47 Å². The van der Waals surface area contributed by atoms with Gasteiger partial charge in [0.25, 0.3) is 0 Å². The van der Waals surface area contributed by atoms with Crippen molar-refractivity contribution in [3.05, 3.63) is 68.7 Å². The maximum absolute atomic E-state index is 5.92. The van der Waals surface area contributed by atoms with Crippen molar-refractivity contribution in [1.29, 1.82) is 0 Å². The second-order valence-electron chi connectivity index (χ2n) is 4.19. The number of rotatable bonds is 2. The molecule has 0 saturated carbocycles. The highest BCUT2D eigenvalue weighted by atomic mass is 127. The molecule has 3 heteroatoms. The van der Waals surface area contributed by atoms with Crippen LogP contribution in [0, 0.1) is 3.57 Å². The molecule has 0 bridgehead atoms. The van der Waals surface area contributed by atoms with Crippen molar-refractivity contribution in [2.75, 3.05) is 0 Å². The normalized spacial score (nSPS) is 10.6. The van der Waals surface area contributed by atoms with Crippen LogP contribution in [0.25, 0.3) is 10.8 Å². The van der Waals surface area contributed by atoms with Gasteiger partial charge < -0.3 is 4.74 Å². The zero-order chi connectivity index (χ0) is 13.2. The van der Waals surface area contributed by atoms with E-state index in [9.17, 15) is 0 Å². The first-order valence-corrected chi connectivity index (χ1v) is 7.71. The van der Waals surface area contributed by atoms with E-state index in [-0.39, 0.29) is 0 Å². The van der Waals surface area contributed by atoms with Gasteiger partial charge in [-0.25, -0.2) is 0 Å². The Morgan fingerprint density at radius 2 is 1.63 bits per heavy atom. The maximum Gasteiger partial charge on any atom is 0.141 e. The van der Waals surface area contributed by atoms with Crippen molar-refractivity contribution in [3.8, 4) is 11.5 Å². The van der Waals surface area contributed by atoms with Crippen molar-refractivity contribution >= 4 is 49.3 Å². The Morgan fingerprint density at radius 3 is 2.42 bits per heavy atom. The fourth-order valence-corrected chi connectivity index (χ4v) is 3.29. The minimum atomic E-state index is 0.829. The molecule has 0 saturated heterocycles. The van der Waals surface area contributed by atoms with Crippen molar-refractivity contribution in [3.63, 3.8) is 0 Å². The molecule has 3 rings (SSSR count). The molecule has 0 aromatic heterocycles. The Kier molecular flexibility index (Phi) is 3.75. The third kappa shape index (κ3) is 2.92. The van der Waals surface area contributed by atoms with Gasteiger partial charge >= 0.3 is 0 Å². The molecule has 0 atom stereocenters. The van der Waals surface area contributed by atoms with E-state index >= 15 is 0 Å². The van der Waals surface area contributed by atoms with Crippen molar-refractivity contribution in [1.82, 2.24) is 0 Å². The van der Waals surface area contributed by atoms with E-state index in [1.165, 1.54) is 14.3 Å². The Morgan fingerprint density at radius 1 is 0.842 bits per heavy atom. The van der Waals surface area contributed by atoms with Crippen molar-refractivity contribution in [2.45, 2.75) is 0 Å². The van der Waals surface area contributed by atoms with E-state index in [1.807, 2.05) is 36.4 Å². The Bertz CT molecular complexity index is 740. The standard InChI is InChI=1S/C16H10BrIO/c17-15-10-13(18)6-8-16(15)19-14-7-5-11-3-1-2-4-12(11)9-14/h1-10H. The van der Waals surface area contributed by atoms with E-state index < -0.39 is 0 Å². The smallest absolute Gasteiger partial charge is 0.141 e. The topological polar surface area (TPSA) is 9.23 Å². The lowest BCUT2D eigenvalue weighted by molar-refractivity contribution is 0.480. The van der Waals surface area contributed by atoms with Gasteiger partial charge in [-0.1, -0.05) is 30.3 Å². The summed E-state index contributed by atoms with van der Waals surface area (Å²) < 4.78 is 8.06. The first-order valence-electron chi connectivity index (χ1n) is 5.84. The van der Waals surface area contributed by atoms with Crippen LogP contribution in [0.2, 0.25) is 0 Å². The second kappa shape index (κ2) is 5.51. The molecule has 0 fully saturated rings. The summed E-state index contributed by atoms with van der Waals surface area (Å²) in [7, 11) is 0. The van der Waals surface area contributed by atoms with E-state index in [1.54, 1.807) is 0 Å². The lowest BCUT2D eigenvalue weighted by atomic mass is 10.1. The molecule has 19 heavy (non-hydrogen) atoms. The van der Waals surface area contributed by atoms with Crippen molar-refractivity contribution in [2.24, 2.45) is 0 Å². The number of hydrogen-bond donors (Lipinski definition) is 0. The van der Waals surface area contributed by atoms with Gasteiger partial charge in [0.1, 0.15) is 11.5 Å². The van der Waals surface area contributed by atoms with E-state index in [4.69, 9.17) is 4.74 Å². The number of benzene rings is 3. The molecule has 0 unspecified atom stereocenters. The van der Waals surface area contributed by atoms with Crippen molar-refractivity contribution < 1.29 is 4.74 Å². The van der Waals surface area contributed by atoms with Gasteiger partial charge in [0.15, 0.2) is 0 Å². The van der Waals surface area contributed by atoms with E-state index in [0.717, 1.165) is 16.0 Å². The third-order valence-corrected chi connectivity index (χ3v) is 4.13. The summed E-state index contributed by atoms with van der Waals surface area (Å²) in [6.07, 6.45) is 0. The summed E-state index contributed by atoms with van der Waals surface area (Å²) in [6, 6.07) is 20.4. The highest BCUT2D eigenvalue weighted by Gasteiger charge is 2.04. The summed E-state index contributed by atoms with van der Waals surface area (Å²) in [5.41, 5.74) is 0. The first-order chi connectivity index (χ1) is 9.22. The molecular weight excluding hydrogens is 415 g/mol. The SMILES string of the molecule is Brc1cc(I)ccc1Oc1ccc2ccccc2c1. The molecular formula is C16H10BrIO. The maximum atomic E-state index is 5.92. The van der Waals surface area contributed by atoms with E-state index in [2.05, 4.69) is 62.8 Å². The quantitative estimate of drug-likeness (QED) is 0.458. The number of halogens is 2. The largest absolute Gasteiger partial charge is 0.456 e. The summed E-state index contributed by atoms with van der Waals surface area (Å²) in [6.45, 7) is 0. The highest BCUT2D eigenvalue weighted by Crippen LogP contribution is 2.32. The van der Waals surface area contributed by atoms with Crippen LogP contribution >= 0.6 is 38.5 Å². The zero-order valence-corrected chi connectivity index (χ0v) is 13.7. The molecule has 0 aliphatic heterocycles. The first kappa shape index (κ1) is 12.9. The van der Waals surface area contributed by atoms with Crippen LogP contribution in [0.4, 0.5) is 0 Å². The van der Waals surface area contributed by atoms with Gasteiger partial charge in [-0.3, -0.25) is 0 Å². The summed E-state index contributed by atoms with van der Waals surface area (Å²) >= 11 is 5.80. The minimum Gasteiger partial charge on any atom is -0.456 e. The fourth-order valence-electron chi connectivity index (χ4n) is 1.92. The summed E-state index contributed by atoms with van der Waals surface area (Å²) in [4.78, 5) is 0. The Balaban J connectivity index is 1.96. The van der Waals surface area contributed by atoms with Gasteiger partial charge in [0, 0.05) is 3.57 Å². The summed E-state index contributed by atoms with van der Waals surface area (Å²) in [5.74, 6) is 1.68. The Labute approximate surface area is 133 Å². The molecule has 0 spiro atoms. The van der Waals surface area contributed by atoms with Crippen LogP contribution in [0.15, 0.2) is 65.1 Å². The van der Waals surface area contributed by atoms with Crippen LogP contribution in [0.1, 0.15) is 0 Å². The summed E-state index contributed by atoms with van der Waals surface area (Å²) in [5, 5.41) is 2.40. The zero-order valence-electron chi connectivity index (χ0n) is 9.94. The van der Waals surface area contributed by atoms with Crippen LogP contribution in [0.5, 0.6) is 11.5 Å². The molecule has 3 aromatic carbocycles. The Hall–Kier alpha value is -1.07. The van der Waals surface area contributed by atoms with Crippen LogP contribution in [-0.4, -0.2) is 0 Å². The van der Waals surface area contributed by atoms with E-state index in [0.29, 0.717) is 0 Å². The molecule has 0 amide bonds. The molecule has 0 heterocycles. The van der Waals surface area contributed by atoms with Gasteiger partial charge in [-0.15, -0.1) is 0 Å². The fraction of sp³-hybridized carbons (Fsp3) is 0. The number of fused-ring (bicyclic) bond motifs is 1. The van der Waals surface area contributed by atoms with Crippen LogP contribution in [-0.2, 0) is 0 Å². The molecule has 3 aromatic rings.